The zero-order valence-corrected chi connectivity index (χ0v) is 24.5. The van der Waals surface area contributed by atoms with Crippen LogP contribution in [-0.2, 0) is 27.6 Å². The van der Waals surface area contributed by atoms with Crippen molar-refractivity contribution in [2.75, 3.05) is 14.2 Å². The van der Waals surface area contributed by atoms with Gasteiger partial charge in [-0.05, 0) is 85.8 Å². The van der Waals surface area contributed by atoms with Crippen molar-refractivity contribution in [1.82, 2.24) is 4.98 Å². The zero-order chi connectivity index (χ0) is 29.6. The fraction of sp³-hybridized carbons (Fsp3) is 0.324. The van der Waals surface area contributed by atoms with Crippen LogP contribution < -0.4 is 9.47 Å². The average molecular weight is 571 g/mol. The normalized spacial score (nSPS) is 11.3. The molecule has 8 nitrogen and oxygen atoms in total. The summed E-state index contributed by atoms with van der Waals surface area (Å²) in [5, 5.41) is 4.49. The van der Waals surface area contributed by atoms with Crippen molar-refractivity contribution in [2.24, 2.45) is 5.16 Å². The van der Waals surface area contributed by atoms with Gasteiger partial charge in [-0.15, -0.1) is 0 Å². The van der Waals surface area contributed by atoms with Gasteiger partial charge in [-0.3, -0.25) is 4.79 Å². The van der Waals surface area contributed by atoms with E-state index in [2.05, 4.69) is 10.1 Å². The number of carbonyl (C=O) groups excluding carboxylic acids is 1. The Kier molecular flexibility index (Phi) is 11.6. The van der Waals surface area contributed by atoms with E-state index < -0.39 is 0 Å². The smallest absolute Gasteiger partial charge is 0.305 e. The van der Waals surface area contributed by atoms with E-state index in [1.807, 2.05) is 85.8 Å². The summed E-state index contributed by atoms with van der Waals surface area (Å²) in [5.74, 6) is 2.69. The predicted molar refractivity (Wildman–Crippen MR) is 161 cm³/mol. The SMILES string of the molecule is COC(=O)CCCCCCC(=NOCc1ccc(OCc2nc(-c3ccccc3)oc2C)cc1)c1ccc(OC)cc1. The Bertz CT molecular complexity index is 1410. The van der Waals surface area contributed by atoms with Crippen LogP contribution in [0.5, 0.6) is 11.5 Å². The van der Waals surface area contributed by atoms with Crippen LogP contribution in [0.1, 0.15) is 61.1 Å². The van der Waals surface area contributed by atoms with Crippen LogP contribution in [-0.4, -0.2) is 30.9 Å². The number of carbonyl (C=O) groups is 1. The topological polar surface area (TPSA) is 92.4 Å². The first-order valence-electron chi connectivity index (χ1n) is 14.2. The minimum Gasteiger partial charge on any atom is -0.497 e. The fourth-order valence-electron chi connectivity index (χ4n) is 4.33. The molecule has 1 aromatic heterocycles. The summed E-state index contributed by atoms with van der Waals surface area (Å²) >= 11 is 0. The van der Waals surface area contributed by atoms with Crippen molar-refractivity contribution in [3.05, 3.63) is 101 Å². The standard InChI is InChI=1S/C34H38N2O6/c1-25-32(35-34(42-25)28-11-7-6-8-12-28)24-40-30-19-15-26(16-20-30)23-41-36-31(27-17-21-29(38-2)22-18-27)13-9-4-5-10-14-33(37)39-3/h6-8,11-12,15-22H,4-5,9-10,13-14,23-24H2,1-3H3. The third-order valence-electron chi connectivity index (χ3n) is 6.81. The molecule has 0 atom stereocenters. The highest BCUT2D eigenvalue weighted by Crippen LogP contribution is 2.23. The molecule has 0 saturated carbocycles. The lowest BCUT2D eigenvalue weighted by Gasteiger charge is -2.09. The Hall–Kier alpha value is -4.59. The molecule has 4 aromatic rings. The molecule has 0 amide bonds. The maximum Gasteiger partial charge on any atom is 0.305 e. The van der Waals surface area contributed by atoms with Crippen LogP contribution in [0, 0.1) is 6.92 Å². The highest BCUT2D eigenvalue weighted by atomic mass is 16.6. The Labute approximate surface area is 247 Å². The largest absolute Gasteiger partial charge is 0.497 e. The molecule has 0 spiro atoms. The Morgan fingerprint density at radius 3 is 2.19 bits per heavy atom. The van der Waals surface area contributed by atoms with Crippen LogP contribution in [0.4, 0.5) is 0 Å². The lowest BCUT2D eigenvalue weighted by Crippen LogP contribution is -2.03. The van der Waals surface area contributed by atoms with E-state index >= 15 is 0 Å². The van der Waals surface area contributed by atoms with Gasteiger partial charge in [-0.2, -0.15) is 0 Å². The maximum atomic E-state index is 11.3. The van der Waals surface area contributed by atoms with E-state index in [1.54, 1.807) is 7.11 Å². The van der Waals surface area contributed by atoms with Crippen molar-refractivity contribution >= 4 is 11.7 Å². The maximum absolute atomic E-state index is 11.3. The van der Waals surface area contributed by atoms with Crippen LogP contribution >= 0.6 is 0 Å². The van der Waals surface area contributed by atoms with Crippen molar-refractivity contribution in [1.29, 1.82) is 0 Å². The number of benzene rings is 3. The summed E-state index contributed by atoms with van der Waals surface area (Å²) in [5.41, 5.74) is 4.55. The molecule has 0 aliphatic carbocycles. The summed E-state index contributed by atoms with van der Waals surface area (Å²) in [7, 11) is 3.07. The average Bonchev–Trinajstić information content (AvgIpc) is 3.41. The van der Waals surface area contributed by atoms with Crippen molar-refractivity contribution in [2.45, 2.75) is 58.7 Å². The van der Waals surface area contributed by atoms with E-state index in [-0.39, 0.29) is 5.97 Å². The van der Waals surface area contributed by atoms with Gasteiger partial charge < -0.3 is 23.5 Å². The molecule has 0 aliphatic rings. The Balaban J connectivity index is 1.29. The van der Waals surface area contributed by atoms with Gasteiger partial charge in [0.05, 0.1) is 19.9 Å². The van der Waals surface area contributed by atoms with Crippen molar-refractivity contribution < 1.29 is 28.3 Å². The number of aromatic nitrogens is 1. The molecular formula is C34H38N2O6. The van der Waals surface area contributed by atoms with Crippen molar-refractivity contribution in [3.63, 3.8) is 0 Å². The summed E-state index contributed by atoms with van der Waals surface area (Å²) < 4.78 is 21.8. The second-order valence-electron chi connectivity index (χ2n) is 9.85. The van der Waals surface area contributed by atoms with Crippen LogP contribution in [0.15, 0.2) is 88.4 Å². The summed E-state index contributed by atoms with van der Waals surface area (Å²) in [6, 6.07) is 25.4. The van der Waals surface area contributed by atoms with Crippen molar-refractivity contribution in [3.8, 4) is 23.0 Å². The number of oxime groups is 1. The highest BCUT2D eigenvalue weighted by molar-refractivity contribution is 6.00. The first-order valence-corrected chi connectivity index (χ1v) is 14.2. The summed E-state index contributed by atoms with van der Waals surface area (Å²) in [6.07, 6.45) is 4.95. The number of ether oxygens (including phenoxy) is 3. The van der Waals surface area contributed by atoms with E-state index in [0.717, 1.165) is 77.5 Å². The van der Waals surface area contributed by atoms with Gasteiger partial charge in [0.25, 0.3) is 0 Å². The molecule has 8 heteroatoms. The third kappa shape index (κ3) is 9.23. The van der Waals surface area contributed by atoms with E-state index in [4.69, 9.17) is 23.5 Å². The summed E-state index contributed by atoms with van der Waals surface area (Å²) in [4.78, 5) is 21.7. The minimum atomic E-state index is -0.161. The molecule has 0 aliphatic heterocycles. The van der Waals surface area contributed by atoms with E-state index in [9.17, 15) is 4.79 Å². The molecule has 0 bridgehead atoms. The van der Waals surface area contributed by atoms with Gasteiger partial charge in [0.15, 0.2) is 0 Å². The number of methoxy groups -OCH3 is 2. The molecule has 0 radical (unpaired) electrons. The van der Waals surface area contributed by atoms with Gasteiger partial charge in [0.2, 0.25) is 5.89 Å². The highest BCUT2D eigenvalue weighted by Gasteiger charge is 2.12. The van der Waals surface area contributed by atoms with E-state index in [1.165, 1.54) is 7.11 Å². The lowest BCUT2D eigenvalue weighted by molar-refractivity contribution is -0.140. The number of rotatable bonds is 16. The van der Waals surface area contributed by atoms with Gasteiger partial charge in [0.1, 0.15) is 36.2 Å². The van der Waals surface area contributed by atoms with Gasteiger partial charge in [-0.1, -0.05) is 48.3 Å². The fourth-order valence-corrected chi connectivity index (χ4v) is 4.33. The molecular weight excluding hydrogens is 532 g/mol. The first-order chi connectivity index (χ1) is 20.6. The molecule has 0 fully saturated rings. The zero-order valence-electron chi connectivity index (χ0n) is 24.5. The molecule has 42 heavy (non-hydrogen) atoms. The van der Waals surface area contributed by atoms with Crippen LogP contribution in [0.25, 0.3) is 11.5 Å². The number of nitrogens with zero attached hydrogens (tertiary/aromatic N) is 2. The number of oxazole rings is 1. The second-order valence-corrected chi connectivity index (χ2v) is 9.85. The Morgan fingerprint density at radius 2 is 1.50 bits per heavy atom. The minimum absolute atomic E-state index is 0.161. The molecule has 0 unspecified atom stereocenters. The second kappa shape index (κ2) is 16.0. The molecule has 220 valence electrons. The number of aryl methyl sites for hydroxylation is 1. The first kappa shape index (κ1) is 30.4. The Morgan fingerprint density at radius 1 is 0.810 bits per heavy atom. The van der Waals surface area contributed by atoms with E-state index in [0.29, 0.717) is 25.5 Å². The number of unbranched alkanes of at least 4 members (excludes halogenated alkanes) is 3. The monoisotopic (exact) mass is 570 g/mol. The quantitative estimate of drug-likeness (QED) is 0.0590. The lowest BCUT2D eigenvalue weighted by atomic mass is 10.0. The number of hydrogen-bond donors (Lipinski definition) is 0. The van der Waals surface area contributed by atoms with Crippen LogP contribution in [0.3, 0.4) is 0 Å². The molecule has 3 aromatic carbocycles. The number of hydrogen-bond acceptors (Lipinski definition) is 8. The van der Waals surface area contributed by atoms with Gasteiger partial charge >= 0.3 is 5.97 Å². The number of esters is 1. The summed E-state index contributed by atoms with van der Waals surface area (Å²) in [6.45, 7) is 2.54. The third-order valence-corrected chi connectivity index (χ3v) is 6.81. The molecule has 0 N–H and O–H groups in total. The van der Waals surface area contributed by atoms with Gasteiger partial charge in [0, 0.05) is 12.0 Å². The molecule has 1 heterocycles. The van der Waals surface area contributed by atoms with Gasteiger partial charge in [-0.25, -0.2) is 4.98 Å². The predicted octanol–water partition coefficient (Wildman–Crippen LogP) is 7.67. The molecule has 4 rings (SSSR count). The molecule has 0 saturated heterocycles. The van der Waals surface area contributed by atoms with Crippen LogP contribution in [0.2, 0.25) is 0 Å².